The molecule has 21 heavy (non-hydrogen) atoms. The smallest absolute Gasteiger partial charge is 0.150 e. The molecule has 0 aliphatic heterocycles. The number of hydrogen-bond acceptors (Lipinski definition) is 3. The predicted molar refractivity (Wildman–Crippen MR) is 91.8 cm³/mol. The fourth-order valence-corrected chi connectivity index (χ4v) is 2.28. The van der Waals surface area contributed by atoms with Crippen LogP contribution in [0.1, 0.15) is 36.2 Å². The largest absolute Gasteiger partial charge is 0.298 e. The third-order valence-corrected chi connectivity index (χ3v) is 3.97. The van der Waals surface area contributed by atoms with Gasteiger partial charge in [0, 0.05) is 11.3 Å². The molecule has 0 bridgehead atoms. The summed E-state index contributed by atoms with van der Waals surface area (Å²) in [5.41, 5.74) is 3.40. The molecule has 1 unspecified atom stereocenters. The quantitative estimate of drug-likeness (QED) is 0.405. The Kier molecular flexibility index (Phi) is 7.76. The Bertz CT molecular complexity index is 544. The number of allylic oxidation sites excluding steroid dienone is 3. The SMILES string of the molecule is CCC(C)/C(C=O)=C\C(=C/CSC)c1cccc(C=O)c1. The summed E-state index contributed by atoms with van der Waals surface area (Å²) in [6, 6.07) is 7.47. The van der Waals surface area contributed by atoms with E-state index in [2.05, 4.69) is 13.0 Å². The summed E-state index contributed by atoms with van der Waals surface area (Å²) in [7, 11) is 0. The molecule has 1 aromatic carbocycles. The van der Waals surface area contributed by atoms with E-state index in [1.54, 1.807) is 17.8 Å². The van der Waals surface area contributed by atoms with Gasteiger partial charge in [-0.05, 0) is 47.4 Å². The van der Waals surface area contributed by atoms with Crippen molar-refractivity contribution < 1.29 is 9.59 Å². The van der Waals surface area contributed by atoms with Crippen molar-refractivity contribution in [2.45, 2.75) is 20.3 Å². The van der Waals surface area contributed by atoms with Crippen molar-refractivity contribution in [1.82, 2.24) is 0 Å². The van der Waals surface area contributed by atoms with Crippen molar-refractivity contribution in [3.05, 3.63) is 53.1 Å². The molecule has 2 nitrogen and oxygen atoms in total. The number of hydrogen-bond donors (Lipinski definition) is 0. The molecule has 0 aliphatic carbocycles. The lowest BCUT2D eigenvalue weighted by Crippen LogP contribution is -2.00. The van der Waals surface area contributed by atoms with E-state index in [0.717, 1.165) is 41.5 Å². The lowest BCUT2D eigenvalue weighted by molar-refractivity contribution is -0.105. The molecule has 0 saturated carbocycles. The Labute approximate surface area is 131 Å². The first-order valence-corrected chi connectivity index (χ1v) is 8.47. The van der Waals surface area contributed by atoms with E-state index in [1.165, 1.54) is 0 Å². The van der Waals surface area contributed by atoms with E-state index in [1.807, 2.05) is 37.5 Å². The van der Waals surface area contributed by atoms with Gasteiger partial charge in [0.2, 0.25) is 0 Å². The van der Waals surface area contributed by atoms with Crippen LogP contribution in [0.4, 0.5) is 0 Å². The zero-order chi connectivity index (χ0) is 15.7. The molecule has 0 spiro atoms. The monoisotopic (exact) mass is 302 g/mol. The highest BCUT2D eigenvalue weighted by atomic mass is 32.2. The Morgan fingerprint density at radius 1 is 1.33 bits per heavy atom. The molecule has 1 atom stereocenters. The van der Waals surface area contributed by atoms with Crippen molar-refractivity contribution in [2.75, 3.05) is 12.0 Å². The second-order valence-electron chi connectivity index (χ2n) is 4.93. The van der Waals surface area contributed by atoms with Gasteiger partial charge >= 0.3 is 0 Å². The second-order valence-corrected chi connectivity index (χ2v) is 5.84. The molecule has 0 heterocycles. The highest BCUT2D eigenvalue weighted by molar-refractivity contribution is 7.98. The molecular weight excluding hydrogens is 280 g/mol. The zero-order valence-corrected chi connectivity index (χ0v) is 13.7. The van der Waals surface area contributed by atoms with E-state index >= 15 is 0 Å². The summed E-state index contributed by atoms with van der Waals surface area (Å²) in [5, 5.41) is 0. The van der Waals surface area contributed by atoms with Crippen LogP contribution in [0.25, 0.3) is 5.57 Å². The average molecular weight is 302 g/mol. The molecular formula is C18H22O2S. The van der Waals surface area contributed by atoms with Gasteiger partial charge in [0.1, 0.15) is 12.6 Å². The molecule has 0 fully saturated rings. The summed E-state index contributed by atoms with van der Waals surface area (Å²) in [4.78, 5) is 22.2. The minimum Gasteiger partial charge on any atom is -0.298 e. The van der Waals surface area contributed by atoms with Crippen molar-refractivity contribution in [2.24, 2.45) is 5.92 Å². The molecule has 0 amide bonds. The highest BCUT2D eigenvalue weighted by Crippen LogP contribution is 2.22. The molecule has 0 aromatic heterocycles. The summed E-state index contributed by atoms with van der Waals surface area (Å²) in [6.07, 6.45) is 8.78. The lowest BCUT2D eigenvalue weighted by atomic mass is 9.94. The lowest BCUT2D eigenvalue weighted by Gasteiger charge is -2.10. The van der Waals surface area contributed by atoms with Crippen LogP contribution < -0.4 is 0 Å². The van der Waals surface area contributed by atoms with Crippen molar-refractivity contribution in [3.63, 3.8) is 0 Å². The fraction of sp³-hybridized carbons (Fsp3) is 0.333. The molecule has 3 heteroatoms. The van der Waals surface area contributed by atoms with Gasteiger partial charge in [0.05, 0.1) is 0 Å². The molecule has 0 N–H and O–H groups in total. The summed E-state index contributed by atoms with van der Waals surface area (Å²) in [6.45, 7) is 4.12. The standard InChI is InChI=1S/C18H22O2S/c1-4-14(2)18(13-20)11-17(8-9-21-3)16-7-5-6-15(10-16)12-19/h5-8,10-14H,4,9H2,1-3H3/b17-8+,18-11-. The highest BCUT2D eigenvalue weighted by Gasteiger charge is 2.08. The number of rotatable bonds is 8. The number of thioether (sulfide) groups is 1. The van der Waals surface area contributed by atoms with Gasteiger partial charge in [-0.3, -0.25) is 9.59 Å². The molecule has 0 aliphatic rings. The van der Waals surface area contributed by atoms with E-state index in [4.69, 9.17) is 0 Å². The molecule has 112 valence electrons. The summed E-state index contributed by atoms with van der Waals surface area (Å²) < 4.78 is 0. The fourth-order valence-electron chi connectivity index (χ4n) is 1.93. The maximum atomic E-state index is 11.3. The van der Waals surface area contributed by atoms with Crippen LogP contribution in [-0.4, -0.2) is 24.6 Å². The molecule has 1 rings (SSSR count). The van der Waals surface area contributed by atoms with E-state index in [-0.39, 0.29) is 5.92 Å². The molecule has 1 aromatic rings. The van der Waals surface area contributed by atoms with E-state index in [0.29, 0.717) is 5.56 Å². The van der Waals surface area contributed by atoms with Crippen molar-refractivity contribution >= 4 is 29.9 Å². The number of aldehydes is 2. The first-order valence-electron chi connectivity index (χ1n) is 7.07. The minimum atomic E-state index is 0.231. The van der Waals surface area contributed by atoms with Crippen molar-refractivity contribution in [1.29, 1.82) is 0 Å². The van der Waals surface area contributed by atoms with Crippen LogP contribution in [0, 0.1) is 5.92 Å². The second kappa shape index (κ2) is 9.35. The summed E-state index contributed by atoms with van der Waals surface area (Å²) in [5.74, 6) is 1.10. The minimum absolute atomic E-state index is 0.231. The third-order valence-electron chi connectivity index (χ3n) is 3.47. The Hall–Kier alpha value is -1.61. The molecule has 0 radical (unpaired) electrons. The van der Waals surface area contributed by atoms with Crippen LogP contribution in [0.15, 0.2) is 42.0 Å². The van der Waals surface area contributed by atoms with Crippen LogP contribution in [-0.2, 0) is 4.79 Å². The van der Waals surface area contributed by atoms with Crippen molar-refractivity contribution in [3.8, 4) is 0 Å². The van der Waals surface area contributed by atoms with Gasteiger partial charge in [-0.1, -0.05) is 38.1 Å². The Morgan fingerprint density at radius 2 is 2.10 bits per heavy atom. The first-order chi connectivity index (χ1) is 10.2. The average Bonchev–Trinajstić information content (AvgIpc) is 2.54. The predicted octanol–water partition coefficient (Wildman–Crippen LogP) is 4.42. The van der Waals surface area contributed by atoms with Crippen LogP contribution in [0.3, 0.4) is 0 Å². The van der Waals surface area contributed by atoms with Gasteiger partial charge < -0.3 is 0 Å². The zero-order valence-electron chi connectivity index (χ0n) is 12.8. The topological polar surface area (TPSA) is 34.1 Å². The maximum Gasteiger partial charge on any atom is 0.150 e. The van der Waals surface area contributed by atoms with Gasteiger partial charge in [-0.15, -0.1) is 0 Å². The van der Waals surface area contributed by atoms with Gasteiger partial charge in [0.15, 0.2) is 0 Å². The van der Waals surface area contributed by atoms with Gasteiger partial charge in [-0.25, -0.2) is 0 Å². The van der Waals surface area contributed by atoms with Gasteiger partial charge in [0.25, 0.3) is 0 Å². The summed E-state index contributed by atoms with van der Waals surface area (Å²) >= 11 is 1.72. The molecule has 0 saturated heterocycles. The Balaban J connectivity index is 3.25. The Morgan fingerprint density at radius 3 is 2.67 bits per heavy atom. The normalized spacial score (nSPS) is 13.9. The third kappa shape index (κ3) is 5.35. The van der Waals surface area contributed by atoms with E-state index in [9.17, 15) is 9.59 Å². The van der Waals surface area contributed by atoms with Gasteiger partial charge in [-0.2, -0.15) is 11.8 Å². The van der Waals surface area contributed by atoms with Crippen LogP contribution >= 0.6 is 11.8 Å². The van der Waals surface area contributed by atoms with Crippen LogP contribution in [0.5, 0.6) is 0 Å². The number of benzene rings is 1. The first kappa shape index (κ1) is 17.4. The maximum absolute atomic E-state index is 11.3. The number of carbonyl (C=O) groups is 2. The van der Waals surface area contributed by atoms with Crippen LogP contribution in [0.2, 0.25) is 0 Å². The number of carbonyl (C=O) groups excluding carboxylic acids is 2. The van der Waals surface area contributed by atoms with E-state index < -0.39 is 0 Å².